The van der Waals surface area contributed by atoms with Gasteiger partial charge >= 0.3 is 5.97 Å². The Morgan fingerprint density at radius 1 is 1.47 bits per heavy atom. The monoisotopic (exact) mass is 236 g/mol. The van der Waals surface area contributed by atoms with Crippen molar-refractivity contribution in [2.24, 2.45) is 0 Å². The van der Waals surface area contributed by atoms with E-state index in [9.17, 15) is 19.7 Å². The van der Waals surface area contributed by atoms with Crippen molar-refractivity contribution in [2.45, 2.75) is 18.3 Å². The van der Waals surface area contributed by atoms with Crippen LogP contribution in [0.15, 0.2) is 18.3 Å². The van der Waals surface area contributed by atoms with Crippen molar-refractivity contribution in [1.82, 2.24) is 4.98 Å². The van der Waals surface area contributed by atoms with E-state index in [1.165, 1.54) is 12.1 Å². The van der Waals surface area contributed by atoms with Crippen LogP contribution in [0.1, 0.15) is 18.5 Å². The van der Waals surface area contributed by atoms with Crippen molar-refractivity contribution in [1.29, 1.82) is 0 Å². The lowest BCUT2D eigenvalue weighted by Gasteiger charge is -2.35. The topological polar surface area (TPSA) is 110 Å². The summed E-state index contributed by atoms with van der Waals surface area (Å²) in [5.41, 5.74) is -1.32. The highest BCUT2D eigenvalue weighted by atomic mass is 16.6. The van der Waals surface area contributed by atoms with Gasteiger partial charge in [-0.15, -0.1) is 0 Å². The van der Waals surface area contributed by atoms with Crippen molar-refractivity contribution in [2.75, 3.05) is 0 Å². The van der Waals surface area contributed by atoms with Crippen molar-refractivity contribution >= 4 is 17.4 Å². The van der Waals surface area contributed by atoms with Crippen LogP contribution in [0.2, 0.25) is 0 Å². The maximum absolute atomic E-state index is 11.1. The molecule has 7 nitrogen and oxygen atoms in total. The number of hydrogen-bond acceptors (Lipinski definition) is 5. The number of aromatic nitrogens is 1. The van der Waals surface area contributed by atoms with Crippen LogP contribution in [0.5, 0.6) is 0 Å². The van der Waals surface area contributed by atoms with Crippen LogP contribution in [-0.4, -0.2) is 26.8 Å². The molecule has 1 saturated carbocycles. The van der Waals surface area contributed by atoms with Crippen molar-refractivity contribution < 1.29 is 19.6 Å². The summed E-state index contributed by atoms with van der Waals surface area (Å²) >= 11 is 0. The van der Waals surface area contributed by atoms with Gasteiger partial charge in [0.1, 0.15) is 17.4 Å². The van der Waals surface area contributed by atoms with Gasteiger partial charge in [0, 0.05) is 18.9 Å². The molecule has 88 valence electrons. The number of hydrogen-bond donors (Lipinski definition) is 1. The van der Waals surface area contributed by atoms with Crippen LogP contribution < -0.4 is 0 Å². The van der Waals surface area contributed by atoms with Gasteiger partial charge in [0.15, 0.2) is 0 Å². The predicted molar refractivity (Wildman–Crippen MR) is 54.4 cm³/mol. The molecule has 0 aliphatic heterocycles. The summed E-state index contributed by atoms with van der Waals surface area (Å²) in [5, 5.41) is 19.5. The molecule has 17 heavy (non-hydrogen) atoms. The molecule has 0 radical (unpaired) electrons. The number of carboxylic acids is 1. The predicted octanol–water partition coefficient (Wildman–Crippen LogP) is 0.675. The second-order valence-corrected chi connectivity index (χ2v) is 3.94. The van der Waals surface area contributed by atoms with Gasteiger partial charge in [-0.2, -0.15) is 0 Å². The molecule has 1 aromatic heterocycles. The molecule has 1 aliphatic rings. The van der Waals surface area contributed by atoms with Crippen molar-refractivity contribution in [3.8, 4) is 0 Å². The average Bonchev–Trinajstić information content (AvgIpc) is 2.24. The molecule has 0 saturated heterocycles. The lowest BCUT2D eigenvalue weighted by Crippen LogP contribution is -2.48. The fourth-order valence-corrected chi connectivity index (χ4v) is 1.84. The van der Waals surface area contributed by atoms with Crippen molar-refractivity contribution in [3.63, 3.8) is 0 Å². The van der Waals surface area contributed by atoms with Gasteiger partial charge in [-0.05, 0) is 6.07 Å². The zero-order valence-electron chi connectivity index (χ0n) is 8.62. The lowest BCUT2D eigenvalue weighted by molar-refractivity contribution is -0.385. The minimum Gasteiger partial charge on any atom is -0.481 e. The number of carbonyl (C=O) groups excluding carboxylic acids is 1. The number of nitro groups is 1. The Morgan fingerprint density at radius 2 is 2.12 bits per heavy atom. The zero-order chi connectivity index (χ0) is 12.6. The molecule has 1 N–H and O–H groups in total. The van der Waals surface area contributed by atoms with E-state index in [-0.39, 0.29) is 30.0 Å². The maximum atomic E-state index is 11.1. The Hall–Kier alpha value is -2.31. The third kappa shape index (κ3) is 1.65. The molecule has 0 atom stereocenters. The molecule has 0 aromatic carbocycles. The number of rotatable bonds is 3. The molecule has 0 unspecified atom stereocenters. The number of Topliss-reactive ketones (excluding diaryl/α,β-unsaturated/α-hetero) is 1. The van der Waals surface area contributed by atoms with E-state index in [0.29, 0.717) is 0 Å². The van der Waals surface area contributed by atoms with Crippen LogP contribution in [-0.2, 0) is 15.0 Å². The highest BCUT2D eigenvalue weighted by molar-refractivity contribution is 6.01. The smallest absolute Gasteiger partial charge is 0.316 e. The number of carboxylic acid groups (broad SMARTS) is 1. The maximum Gasteiger partial charge on any atom is 0.316 e. The number of nitrogens with zero attached hydrogens (tertiary/aromatic N) is 2. The van der Waals surface area contributed by atoms with E-state index in [0.717, 1.165) is 6.20 Å². The first-order valence-corrected chi connectivity index (χ1v) is 4.82. The van der Waals surface area contributed by atoms with Crippen LogP contribution in [0.25, 0.3) is 0 Å². The lowest BCUT2D eigenvalue weighted by atomic mass is 9.65. The summed E-state index contributed by atoms with van der Waals surface area (Å²) in [5.74, 6) is -1.27. The second kappa shape index (κ2) is 3.62. The summed E-state index contributed by atoms with van der Waals surface area (Å²) in [4.78, 5) is 35.7. The Kier molecular flexibility index (Phi) is 2.38. The molecular formula is C10H8N2O5. The molecule has 1 heterocycles. The molecule has 7 heteroatoms. The molecule has 1 fully saturated rings. The Bertz CT molecular complexity index is 500. The van der Waals surface area contributed by atoms with Crippen LogP contribution in [0.3, 0.4) is 0 Å². The van der Waals surface area contributed by atoms with Crippen molar-refractivity contribution in [3.05, 3.63) is 34.1 Å². The third-order valence-electron chi connectivity index (χ3n) is 2.86. The number of carbonyl (C=O) groups is 2. The highest BCUT2D eigenvalue weighted by Crippen LogP contribution is 2.40. The normalized spacial score (nSPS) is 17.3. The summed E-state index contributed by atoms with van der Waals surface area (Å²) in [6.07, 6.45) is 0.795. The van der Waals surface area contributed by atoms with E-state index in [2.05, 4.69) is 4.98 Å². The first-order chi connectivity index (χ1) is 7.95. The fraction of sp³-hybridized carbons (Fsp3) is 0.300. The molecule has 1 aromatic rings. The van der Waals surface area contributed by atoms with Crippen LogP contribution >= 0.6 is 0 Å². The second-order valence-electron chi connectivity index (χ2n) is 3.94. The average molecular weight is 236 g/mol. The van der Waals surface area contributed by atoms with Gasteiger partial charge in [-0.3, -0.25) is 24.7 Å². The minimum atomic E-state index is -1.30. The standard InChI is InChI=1S/C10H8N2O5/c13-7-3-10(4-7,9(14)15)8-2-1-6(5-11-8)12(16)17/h1-2,5H,3-4H2,(H,14,15). The molecule has 1 aliphatic carbocycles. The molecule has 0 amide bonds. The van der Waals surface area contributed by atoms with Gasteiger partial charge in [0.2, 0.25) is 0 Å². The molecule has 0 bridgehead atoms. The summed E-state index contributed by atoms with van der Waals surface area (Å²) in [6, 6.07) is 2.48. The molecular weight excluding hydrogens is 228 g/mol. The van der Waals surface area contributed by atoms with Crippen LogP contribution in [0, 0.1) is 10.1 Å². The molecule has 0 spiro atoms. The van der Waals surface area contributed by atoms with E-state index in [1.807, 2.05) is 0 Å². The SMILES string of the molecule is O=C1CC(C(=O)O)(c2ccc([N+](=O)[O-])cn2)C1. The van der Waals surface area contributed by atoms with E-state index in [1.54, 1.807) is 0 Å². The molecule has 2 rings (SSSR count). The summed E-state index contributed by atoms with van der Waals surface area (Å²) in [6.45, 7) is 0. The third-order valence-corrected chi connectivity index (χ3v) is 2.86. The Morgan fingerprint density at radius 3 is 2.47 bits per heavy atom. The van der Waals surface area contributed by atoms with Gasteiger partial charge in [-0.1, -0.05) is 0 Å². The van der Waals surface area contributed by atoms with Gasteiger partial charge in [0.25, 0.3) is 5.69 Å². The largest absolute Gasteiger partial charge is 0.481 e. The zero-order valence-corrected chi connectivity index (χ0v) is 8.62. The van der Waals surface area contributed by atoms with Crippen LogP contribution in [0.4, 0.5) is 5.69 Å². The van der Waals surface area contributed by atoms with Gasteiger partial charge in [-0.25, -0.2) is 0 Å². The number of aliphatic carboxylic acids is 1. The number of pyridine rings is 1. The first-order valence-electron chi connectivity index (χ1n) is 4.82. The Balaban J connectivity index is 2.36. The van der Waals surface area contributed by atoms with E-state index in [4.69, 9.17) is 5.11 Å². The minimum absolute atomic E-state index is 0.104. The summed E-state index contributed by atoms with van der Waals surface area (Å²) < 4.78 is 0. The van der Waals surface area contributed by atoms with Gasteiger partial charge < -0.3 is 5.11 Å². The number of ketones is 1. The van der Waals surface area contributed by atoms with E-state index >= 15 is 0 Å². The Labute approximate surface area is 95.2 Å². The van der Waals surface area contributed by atoms with Gasteiger partial charge in [0.05, 0.1) is 10.6 Å². The summed E-state index contributed by atoms with van der Waals surface area (Å²) in [7, 11) is 0. The first kappa shape index (κ1) is 11.2. The van der Waals surface area contributed by atoms with E-state index < -0.39 is 16.3 Å². The fourth-order valence-electron chi connectivity index (χ4n) is 1.84. The quantitative estimate of drug-likeness (QED) is 0.610. The highest BCUT2D eigenvalue weighted by Gasteiger charge is 2.52.